The van der Waals surface area contributed by atoms with Gasteiger partial charge in [0.1, 0.15) is 0 Å². The molecule has 2 rings (SSSR count). The molecule has 1 fully saturated rings. The van der Waals surface area contributed by atoms with Crippen LogP contribution >= 0.6 is 11.6 Å². The molecule has 1 aliphatic rings. The summed E-state index contributed by atoms with van der Waals surface area (Å²) in [6, 6.07) is 4.56. The first-order valence-electron chi connectivity index (χ1n) is 7.82. The van der Waals surface area contributed by atoms with Crippen LogP contribution in [-0.2, 0) is 0 Å². The number of aliphatic hydroxyl groups is 1. The fourth-order valence-corrected chi connectivity index (χ4v) is 2.36. The molecule has 1 aliphatic carbocycles. The second-order valence-electron chi connectivity index (χ2n) is 5.66. The fraction of sp³-hybridized carbons (Fsp3) is 0.500. The van der Waals surface area contributed by atoms with E-state index in [4.69, 9.17) is 16.7 Å². The van der Waals surface area contributed by atoms with Crippen molar-refractivity contribution in [3.8, 4) is 0 Å². The molecule has 0 aliphatic heterocycles. The van der Waals surface area contributed by atoms with Crippen LogP contribution in [0.5, 0.6) is 0 Å². The normalized spacial score (nSPS) is 14.9. The number of benzene rings is 1. The van der Waals surface area contributed by atoms with E-state index in [1.54, 1.807) is 18.2 Å². The zero-order valence-electron chi connectivity index (χ0n) is 13.1. The third kappa shape index (κ3) is 5.41. The Morgan fingerprint density at radius 2 is 2.13 bits per heavy atom. The molecule has 0 aromatic heterocycles. The molecule has 7 heteroatoms. The van der Waals surface area contributed by atoms with Crippen LogP contribution in [0.25, 0.3) is 0 Å². The molecule has 3 amide bonds. The molecule has 0 heterocycles. The Morgan fingerprint density at radius 1 is 1.39 bits per heavy atom. The summed E-state index contributed by atoms with van der Waals surface area (Å²) in [7, 11) is 0. The number of rotatable bonds is 7. The van der Waals surface area contributed by atoms with Gasteiger partial charge in [-0.15, -0.1) is 0 Å². The first-order chi connectivity index (χ1) is 11.0. The van der Waals surface area contributed by atoms with Crippen LogP contribution in [0.1, 0.15) is 43.0 Å². The van der Waals surface area contributed by atoms with Crippen LogP contribution in [0.2, 0.25) is 5.02 Å². The van der Waals surface area contributed by atoms with Gasteiger partial charge in [-0.2, -0.15) is 0 Å². The summed E-state index contributed by atoms with van der Waals surface area (Å²) in [6.45, 7) is 1.95. The number of anilines is 1. The maximum atomic E-state index is 12.1. The average Bonchev–Trinajstić information content (AvgIpc) is 3.32. The number of nitrogens with one attached hydrogen (secondary N) is 3. The van der Waals surface area contributed by atoms with Gasteiger partial charge in [0.15, 0.2) is 0 Å². The molecule has 0 saturated heterocycles. The predicted octanol–water partition coefficient (Wildman–Crippen LogP) is 2.51. The zero-order valence-corrected chi connectivity index (χ0v) is 13.8. The van der Waals surface area contributed by atoms with Gasteiger partial charge in [-0.3, -0.25) is 4.79 Å². The quantitative estimate of drug-likeness (QED) is 0.615. The van der Waals surface area contributed by atoms with Crippen LogP contribution in [0.3, 0.4) is 0 Å². The van der Waals surface area contributed by atoms with Crippen molar-refractivity contribution in [1.82, 2.24) is 10.6 Å². The first kappa shape index (κ1) is 17.6. The summed E-state index contributed by atoms with van der Waals surface area (Å²) in [5, 5.41) is 17.6. The summed E-state index contributed by atoms with van der Waals surface area (Å²) < 4.78 is 0. The van der Waals surface area contributed by atoms with Gasteiger partial charge in [0, 0.05) is 24.4 Å². The first-order valence-corrected chi connectivity index (χ1v) is 8.20. The minimum absolute atomic E-state index is 0.0191. The van der Waals surface area contributed by atoms with E-state index >= 15 is 0 Å². The van der Waals surface area contributed by atoms with Crippen molar-refractivity contribution in [1.29, 1.82) is 0 Å². The highest BCUT2D eigenvalue weighted by molar-refractivity contribution is 6.34. The lowest BCUT2D eigenvalue weighted by Gasteiger charge is -2.16. The third-order valence-electron chi connectivity index (χ3n) is 3.69. The number of urea groups is 1. The van der Waals surface area contributed by atoms with E-state index in [9.17, 15) is 9.59 Å². The highest BCUT2D eigenvalue weighted by Gasteiger charge is 2.25. The lowest BCUT2D eigenvalue weighted by molar-refractivity contribution is 0.0951. The topological polar surface area (TPSA) is 90.5 Å². The zero-order chi connectivity index (χ0) is 16.8. The number of aliphatic hydroxyl groups excluding tert-OH is 1. The maximum Gasteiger partial charge on any atom is 0.319 e. The minimum Gasteiger partial charge on any atom is -0.396 e. The van der Waals surface area contributed by atoms with Crippen LogP contribution in [0.15, 0.2) is 18.2 Å². The number of carbonyl (C=O) groups excluding carboxylic acids is 2. The molecule has 1 aromatic rings. The number of halogens is 1. The van der Waals surface area contributed by atoms with Crippen molar-refractivity contribution in [3.63, 3.8) is 0 Å². The second kappa shape index (κ2) is 8.17. The Balaban J connectivity index is 1.99. The smallest absolute Gasteiger partial charge is 0.319 e. The fourth-order valence-electron chi connectivity index (χ4n) is 2.15. The standard InChI is InChI=1S/C16H22ClN3O3/c1-2-10(7-8-21)19-16(23)20-12-5-6-14(17)13(9-12)15(22)18-11-3-4-11/h5-6,9-11,21H,2-4,7-8H2,1H3,(H,18,22)(H2,19,20,23)/t10-/m0/s1. The van der Waals surface area contributed by atoms with Crippen LogP contribution in [-0.4, -0.2) is 35.7 Å². The molecule has 0 unspecified atom stereocenters. The van der Waals surface area contributed by atoms with Gasteiger partial charge in [0.2, 0.25) is 0 Å². The lowest BCUT2D eigenvalue weighted by Crippen LogP contribution is -2.38. The summed E-state index contributed by atoms with van der Waals surface area (Å²) in [5.74, 6) is -0.228. The molecule has 0 radical (unpaired) electrons. The lowest BCUT2D eigenvalue weighted by atomic mass is 10.1. The molecule has 23 heavy (non-hydrogen) atoms. The van der Waals surface area contributed by atoms with Crippen LogP contribution in [0, 0.1) is 0 Å². The molecule has 4 N–H and O–H groups in total. The monoisotopic (exact) mass is 339 g/mol. The molecular weight excluding hydrogens is 318 g/mol. The van der Waals surface area contributed by atoms with Gasteiger partial charge in [-0.25, -0.2) is 4.79 Å². The second-order valence-corrected chi connectivity index (χ2v) is 6.07. The summed E-state index contributed by atoms with van der Waals surface area (Å²) in [5.41, 5.74) is 0.838. The molecule has 1 saturated carbocycles. The number of hydrogen-bond acceptors (Lipinski definition) is 3. The summed E-state index contributed by atoms with van der Waals surface area (Å²) >= 11 is 6.06. The predicted molar refractivity (Wildman–Crippen MR) is 89.9 cm³/mol. The highest BCUT2D eigenvalue weighted by atomic mass is 35.5. The van der Waals surface area contributed by atoms with Crippen LogP contribution < -0.4 is 16.0 Å². The molecule has 6 nitrogen and oxygen atoms in total. The Hall–Kier alpha value is -1.79. The van der Waals surface area contributed by atoms with Crippen molar-refractivity contribution in [3.05, 3.63) is 28.8 Å². The SMILES string of the molecule is CC[C@@H](CCO)NC(=O)Nc1ccc(Cl)c(C(=O)NC2CC2)c1. The minimum atomic E-state index is -0.374. The van der Waals surface area contributed by atoms with E-state index in [-0.39, 0.29) is 30.6 Å². The molecule has 1 atom stereocenters. The molecule has 0 bridgehead atoms. The Morgan fingerprint density at radius 3 is 2.74 bits per heavy atom. The molecule has 126 valence electrons. The van der Waals surface area contributed by atoms with Crippen molar-refractivity contribution in [2.24, 2.45) is 0 Å². The Labute approximate surface area is 140 Å². The van der Waals surface area contributed by atoms with Gasteiger partial charge in [0.05, 0.1) is 10.6 Å². The largest absolute Gasteiger partial charge is 0.396 e. The van der Waals surface area contributed by atoms with E-state index in [0.717, 1.165) is 19.3 Å². The average molecular weight is 340 g/mol. The van der Waals surface area contributed by atoms with E-state index in [1.807, 2.05) is 6.92 Å². The van der Waals surface area contributed by atoms with E-state index in [1.165, 1.54) is 0 Å². The Kier molecular flexibility index (Phi) is 6.24. The molecular formula is C16H22ClN3O3. The van der Waals surface area contributed by atoms with Crippen LogP contribution in [0.4, 0.5) is 10.5 Å². The number of carbonyl (C=O) groups is 2. The highest BCUT2D eigenvalue weighted by Crippen LogP contribution is 2.24. The Bertz CT molecular complexity index is 576. The van der Waals surface area contributed by atoms with Crippen molar-refractivity contribution < 1.29 is 14.7 Å². The van der Waals surface area contributed by atoms with Gasteiger partial charge in [-0.1, -0.05) is 18.5 Å². The van der Waals surface area contributed by atoms with Gasteiger partial charge in [0.25, 0.3) is 5.91 Å². The summed E-state index contributed by atoms with van der Waals surface area (Å²) in [4.78, 5) is 24.1. The molecule has 0 spiro atoms. The van der Waals surface area contributed by atoms with Gasteiger partial charge in [-0.05, 0) is 43.9 Å². The van der Waals surface area contributed by atoms with Crippen molar-refractivity contribution >= 4 is 29.2 Å². The number of amides is 3. The summed E-state index contributed by atoms with van der Waals surface area (Å²) in [6.07, 6.45) is 3.21. The van der Waals surface area contributed by atoms with Gasteiger partial charge < -0.3 is 21.1 Å². The maximum absolute atomic E-state index is 12.1. The van der Waals surface area contributed by atoms with E-state index in [2.05, 4.69) is 16.0 Å². The van der Waals surface area contributed by atoms with E-state index in [0.29, 0.717) is 22.7 Å². The van der Waals surface area contributed by atoms with Gasteiger partial charge >= 0.3 is 6.03 Å². The van der Waals surface area contributed by atoms with E-state index < -0.39 is 0 Å². The number of hydrogen-bond donors (Lipinski definition) is 4. The van der Waals surface area contributed by atoms with Crippen molar-refractivity contribution in [2.45, 2.75) is 44.7 Å². The third-order valence-corrected chi connectivity index (χ3v) is 4.02. The molecule has 1 aromatic carbocycles. The van der Waals surface area contributed by atoms with Crippen molar-refractivity contribution in [2.75, 3.05) is 11.9 Å².